The Morgan fingerprint density at radius 3 is 2.37 bits per heavy atom. The molecule has 0 radical (unpaired) electrons. The van der Waals surface area contributed by atoms with Crippen molar-refractivity contribution in [2.24, 2.45) is 0 Å². The van der Waals surface area contributed by atoms with Gasteiger partial charge in [0.25, 0.3) is 0 Å². The summed E-state index contributed by atoms with van der Waals surface area (Å²) in [5.41, 5.74) is 4.52. The second-order valence-corrected chi connectivity index (χ2v) is 4.25. The van der Waals surface area contributed by atoms with Crippen LogP contribution in [0.5, 0.6) is 0 Å². The summed E-state index contributed by atoms with van der Waals surface area (Å²) in [6.45, 7) is 7.79. The van der Waals surface area contributed by atoms with Gasteiger partial charge < -0.3 is 9.32 Å². The van der Waals surface area contributed by atoms with Gasteiger partial charge in [0.05, 0.1) is 0 Å². The van der Waals surface area contributed by atoms with Crippen molar-refractivity contribution in [1.29, 1.82) is 0 Å². The number of rotatable bonds is 5. The third-order valence-corrected chi connectivity index (χ3v) is 2.49. The van der Waals surface area contributed by atoms with Crippen LogP contribution in [0, 0.1) is 0 Å². The quantitative estimate of drug-likeness (QED) is 0.642. The van der Waals surface area contributed by atoms with Crippen LogP contribution >= 0.6 is 15.9 Å². The van der Waals surface area contributed by atoms with E-state index < -0.39 is 11.9 Å². The number of nitrogens with zero attached hydrogens (tertiary/aromatic N) is 1. The lowest BCUT2D eigenvalue weighted by molar-refractivity contribution is 0.0902. The van der Waals surface area contributed by atoms with Crippen molar-refractivity contribution in [3.63, 3.8) is 0 Å². The van der Waals surface area contributed by atoms with Crippen molar-refractivity contribution in [2.75, 3.05) is 13.1 Å². The first kappa shape index (κ1) is 15.0. The van der Waals surface area contributed by atoms with Crippen molar-refractivity contribution in [1.82, 2.24) is 15.8 Å². The third kappa shape index (κ3) is 4.63. The monoisotopic (exact) mass is 327 g/mol. The van der Waals surface area contributed by atoms with Crippen molar-refractivity contribution >= 4 is 27.9 Å². The zero-order chi connectivity index (χ0) is 14.3. The lowest BCUT2D eigenvalue weighted by atomic mass is 10.4. The molecule has 1 heterocycles. The van der Waals surface area contributed by atoms with Crippen LogP contribution in [-0.4, -0.2) is 29.9 Å². The Hall–Kier alpha value is -2.02. The van der Waals surface area contributed by atoms with Gasteiger partial charge in [0.1, 0.15) is 0 Å². The first-order chi connectivity index (χ1) is 9.08. The maximum absolute atomic E-state index is 11.7. The van der Waals surface area contributed by atoms with Crippen molar-refractivity contribution in [3.8, 4) is 0 Å². The number of halogens is 1. The standard InChI is InChI=1S/C12H14BrN3O3/c1-3-7-16(8-4-2)12(18)15-14-11(17)9-5-6-10(13)19-9/h3-6H,1-2,7-8H2,(H,14,17)(H,15,18). The molecule has 0 aliphatic carbocycles. The summed E-state index contributed by atoms with van der Waals surface area (Å²) in [7, 11) is 0. The molecule has 3 amide bonds. The number of hydrogen-bond acceptors (Lipinski definition) is 3. The zero-order valence-corrected chi connectivity index (χ0v) is 11.8. The van der Waals surface area contributed by atoms with Crippen LogP contribution in [0.1, 0.15) is 10.6 Å². The molecule has 0 aliphatic rings. The van der Waals surface area contributed by atoms with Gasteiger partial charge >= 0.3 is 11.9 Å². The molecule has 0 fully saturated rings. The minimum absolute atomic E-state index is 0.0890. The van der Waals surface area contributed by atoms with Crippen LogP contribution < -0.4 is 10.9 Å². The Morgan fingerprint density at radius 2 is 1.89 bits per heavy atom. The number of hydrazine groups is 1. The van der Waals surface area contributed by atoms with Gasteiger partial charge in [0.2, 0.25) is 0 Å². The van der Waals surface area contributed by atoms with Gasteiger partial charge in [-0.1, -0.05) is 12.2 Å². The molecule has 1 aromatic heterocycles. The van der Waals surface area contributed by atoms with E-state index >= 15 is 0 Å². The van der Waals surface area contributed by atoms with E-state index in [-0.39, 0.29) is 5.76 Å². The van der Waals surface area contributed by atoms with E-state index in [1.165, 1.54) is 11.0 Å². The number of nitrogens with one attached hydrogen (secondary N) is 2. The summed E-state index contributed by atoms with van der Waals surface area (Å²) in [4.78, 5) is 24.7. The van der Waals surface area contributed by atoms with E-state index in [2.05, 4.69) is 39.9 Å². The highest BCUT2D eigenvalue weighted by Crippen LogP contribution is 2.13. The van der Waals surface area contributed by atoms with Gasteiger partial charge in [-0.25, -0.2) is 10.2 Å². The van der Waals surface area contributed by atoms with Crippen LogP contribution in [0.2, 0.25) is 0 Å². The van der Waals surface area contributed by atoms with Crippen LogP contribution in [0.25, 0.3) is 0 Å². The molecule has 0 atom stereocenters. The summed E-state index contributed by atoms with van der Waals surface area (Å²) in [5, 5.41) is 0. The van der Waals surface area contributed by atoms with E-state index in [1.807, 2.05) is 0 Å². The summed E-state index contributed by atoms with van der Waals surface area (Å²) in [6.07, 6.45) is 3.16. The first-order valence-electron chi connectivity index (χ1n) is 5.41. The van der Waals surface area contributed by atoms with Gasteiger partial charge in [-0.2, -0.15) is 0 Å². The molecular formula is C12H14BrN3O3. The second-order valence-electron chi connectivity index (χ2n) is 3.47. The van der Waals surface area contributed by atoms with Crippen molar-refractivity contribution in [3.05, 3.63) is 47.9 Å². The molecule has 6 nitrogen and oxygen atoms in total. The third-order valence-electron chi connectivity index (χ3n) is 2.07. The van der Waals surface area contributed by atoms with E-state index in [9.17, 15) is 9.59 Å². The normalized spacial score (nSPS) is 9.53. The highest BCUT2D eigenvalue weighted by Gasteiger charge is 2.14. The lowest BCUT2D eigenvalue weighted by Gasteiger charge is -2.19. The summed E-state index contributed by atoms with van der Waals surface area (Å²) in [6, 6.07) is 2.61. The molecule has 0 spiro atoms. The van der Waals surface area contributed by atoms with Crippen LogP contribution in [0.15, 0.2) is 46.5 Å². The fourth-order valence-electron chi connectivity index (χ4n) is 1.24. The fourth-order valence-corrected chi connectivity index (χ4v) is 1.55. The van der Waals surface area contributed by atoms with Crippen molar-refractivity contribution < 1.29 is 14.0 Å². The largest absolute Gasteiger partial charge is 0.444 e. The predicted molar refractivity (Wildman–Crippen MR) is 74.4 cm³/mol. The second kappa shape index (κ2) is 7.42. The average Bonchev–Trinajstić information content (AvgIpc) is 2.82. The molecule has 0 unspecified atom stereocenters. The molecular weight excluding hydrogens is 314 g/mol. The summed E-state index contributed by atoms with van der Waals surface area (Å²) < 4.78 is 5.47. The Labute approximate surface area is 119 Å². The smallest absolute Gasteiger partial charge is 0.336 e. The molecule has 0 bridgehead atoms. The number of carbonyl (C=O) groups excluding carboxylic acids is 2. The highest BCUT2D eigenvalue weighted by atomic mass is 79.9. The van der Waals surface area contributed by atoms with Crippen LogP contribution in [0.3, 0.4) is 0 Å². The van der Waals surface area contributed by atoms with Crippen LogP contribution in [0.4, 0.5) is 4.79 Å². The minimum Gasteiger partial charge on any atom is -0.444 e. The number of furan rings is 1. The molecule has 0 aliphatic heterocycles. The van der Waals surface area contributed by atoms with Gasteiger partial charge in [0.15, 0.2) is 10.4 Å². The molecule has 1 aromatic rings. The zero-order valence-electron chi connectivity index (χ0n) is 10.2. The molecule has 7 heteroatoms. The molecule has 2 N–H and O–H groups in total. The van der Waals surface area contributed by atoms with Gasteiger partial charge in [-0.15, -0.1) is 13.2 Å². The topological polar surface area (TPSA) is 74.6 Å². The van der Waals surface area contributed by atoms with Gasteiger partial charge in [-0.05, 0) is 28.1 Å². The fraction of sp³-hybridized carbons (Fsp3) is 0.167. The Kier molecular flexibility index (Phi) is 5.87. The van der Waals surface area contributed by atoms with E-state index in [0.29, 0.717) is 17.8 Å². The average molecular weight is 328 g/mol. The molecule has 19 heavy (non-hydrogen) atoms. The molecule has 0 aromatic carbocycles. The molecule has 1 rings (SSSR count). The number of urea groups is 1. The SMILES string of the molecule is C=CCN(CC=C)C(=O)NNC(=O)c1ccc(Br)o1. The highest BCUT2D eigenvalue weighted by molar-refractivity contribution is 9.10. The lowest BCUT2D eigenvalue weighted by Crippen LogP contribution is -2.48. The number of carbonyl (C=O) groups is 2. The Bertz CT molecular complexity index is 474. The van der Waals surface area contributed by atoms with E-state index in [1.54, 1.807) is 18.2 Å². The Morgan fingerprint density at radius 1 is 1.26 bits per heavy atom. The van der Waals surface area contributed by atoms with E-state index in [0.717, 1.165) is 0 Å². The summed E-state index contributed by atoms with van der Waals surface area (Å²) in [5.74, 6) is -0.456. The minimum atomic E-state index is -0.545. The van der Waals surface area contributed by atoms with Crippen molar-refractivity contribution in [2.45, 2.75) is 0 Å². The maximum Gasteiger partial charge on any atom is 0.336 e. The molecule has 102 valence electrons. The maximum atomic E-state index is 11.7. The van der Waals surface area contributed by atoms with Gasteiger partial charge in [-0.3, -0.25) is 10.2 Å². The molecule has 0 saturated heterocycles. The predicted octanol–water partition coefficient (Wildman–Crippen LogP) is 2.07. The van der Waals surface area contributed by atoms with E-state index in [4.69, 9.17) is 4.42 Å². The Balaban J connectivity index is 2.50. The molecule has 0 saturated carbocycles. The number of amides is 3. The summed E-state index contributed by atoms with van der Waals surface area (Å²) >= 11 is 3.08. The first-order valence-corrected chi connectivity index (χ1v) is 6.20. The number of hydrogen-bond donors (Lipinski definition) is 2. The van der Waals surface area contributed by atoms with Crippen LogP contribution in [-0.2, 0) is 0 Å². The van der Waals surface area contributed by atoms with Gasteiger partial charge in [0, 0.05) is 13.1 Å².